The van der Waals surface area contributed by atoms with Crippen LogP contribution in [-0.2, 0) is 4.79 Å². The van der Waals surface area contributed by atoms with Crippen molar-refractivity contribution in [3.05, 3.63) is 29.6 Å². The third-order valence-electron chi connectivity index (χ3n) is 3.04. The Bertz CT molecular complexity index is 507. The van der Waals surface area contributed by atoms with Gasteiger partial charge >= 0.3 is 0 Å². The maximum absolute atomic E-state index is 13.1. The number of hydrogen-bond acceptors (Lipinski definition) is 3. The number of carbonyl (C=O) groups is 2. The smallest absolute Gasteiger partial charge is 0.254 e. The molecule has 2 amide bonds. The number of primary amides is 1. The van der Waals surface area contributed by atoms with Gasteiger partial charge in [-0.15, -0.1) is 12.6 Å². The molecule has 0 radical (unpaired) electrons. The first kappa shape index (κ1) is 12.9. The molecule has 0 aliphatic carbocycles. The first-order valence-electron chi connectivity index (χ1n) is 5.59. The molecule has 2 N–H and O–H groups in total. The Balaban J connectivity index is 2.25. The molecule has 18 heavy (non-hydrogen) atoms. The molecular weight excluding hydrogens is 255 g/mol. The molecule has 1 aliphatic rings. The number of hydrogen-bond donors (Lipinski definition) is 2. The van der Waals surface area contributed by atoms with Crippen molar-refractivity contribution in [2.75, 3.05) is 6.54 Å². The monoisotopic (exact) mass is 268 g/mol. The summed E-state index contributed by atoms with van der Waals surface area (Å²) in [5.74, 6) is -1.30. The second kappa shape index (κ2) is 4.97. The van der Waals surface area contributed by atoms with Gasteiger partial charge in [0.15, 0.2) is 0 Å². The summed E-state index contributed by atoms with van der Waals surface area (Å²) in [5.41, 5.74) is 5.56. The molecule has 1 fully saturated rings. The second-order valence-corrected chi connectivity index (χ2v) is 4.71. The average molecular weight is 268 g/mol. The van der Waals surface area contributed by atoms with Crippen LogP contribution in [0.15, 0.2) is 23.1 Å². The molecule has 0 spiro atoms. The molecule has 6 heteroatoms. The minimum atomic E-state index is -0.564. The number of benzene rings is 1. The lowest BCUT2D eigenvalue weighted by Gasteiger charge is -2.22. The molecule has 0 aromatic heterocycles. The van der Waals surface area contributed by atoms with E-state index in [2.05, 4.69) is 12.6 Å². The van der Waals surface area contributed by atoms with E-state index < -0.39 is 17.8 Å². The SMILES string of the molecule is NC(=O)C1CCCN1C(=O)c1ccc(F)c(S)c1. The summed E-state index contributed by atoms with van der Waals surface area (Å²) in [6, 6.07) is 3.36. The highest BCUT2D eigenvalue weighted by atomic mass is 32.1. The van der Waals surface area contributed by atoms with Crippen LogP contribution in [-0.4, -0.2) is 29.3 Å². The van der Waals surface area contributed by atoms with Crippen molar-refractivity contribution >= 4 is 24.4 Å². The van der Waals surface area contributed by atoms with E-state index in [1.54, 1.807) is 0 Å². The fraction of sp³-hybridized carbons (Fsp3) is 0.333. The van der Waals surface area contributed by atoms with Crippen molar-refractivity contribution < 1.29 is 14.0 Å². The minimum absolute atomic E-state index is 0.107. The lowest BCUT2D eigenvalue weighted by Crippen LogP contribution is -2.43. The van der Waals surface area contributed by atoms with E-state index in [4.69, 9.17) is 5.73 Å². The Morgan fingerprint density at radius 1 is 1.44 bits per heavy atom. The number of thiol groups is 1. The molecule has 1 unspecified atom stereocenters. The second-order valence-electron chi connectivity index (χ2n) is 4.23. The molecule has 2 rings (SSSR count). The highest BCUT2D eigenvalue weighted by Gasteiger charge is 2.33. The van der Waals surface area contributed by atoms with Gasteiger partial charge in [0, 0.05) is 17.0 Å². The van der Waals surface area contributed by atoms with Crippen LogP contribution in [0.2, 0.25) is 0 Å². The van der Waals surface area contributed by atoms with Crippen LogP contribution in [0.25, 0.3) is 0 Å². The normalized spacial score (nSPS) is 19.0. The van der Waals surface area contributed by atoms with E-state index in [1.807, 2.05) is 0 Å². The zero-order valence-electron chi connectivity index (χ0n) is 9.60. The van der Waals surface area contributed by atoms with Gasteiger partial charge < -0.3 is 10.6 Å². The van der Waals surface area contributed by atoms with Gasteiger partial charge in [-0.3, -0.25) is 9.59 Å². The lowest BCUT2D eigenvalue weighted by atomic mass is 10.1. The van der Waals surface area contributed by atoms with Gasteiger partial charge in [-0.25, -0.2) is 4.39 Å². The van der Waals surface area contributed by atoms with Gasteiger partial charge in [-0.05, 0) is 31.0 Å². The van der Waals surface area contributed by atoms with Gasteiger partial charge in [0.05, 0.1) is 0 Å². The summed E-state index contributed by atoms with van der Waals surface area (Å²) in [6.07, 6.45) is 1.32. The van der Waals surface area contributed by atoms with Gasteiger partial charge in [-0.1, -0.05) is 0 Å². The molecule has 0 saturated carbocycles. The fourth-order valence-electron chi connectivity index (χ4n) is 2.12. The Hall–Kier alpha value is -1.56. The first-order chi connectivity index (χ1) is 8.50. The quantitative estimate of drug-likeness (QED) is 0.792. The summed E-state index contributed by atoms with van der Waals surface area (Å²) in [4.78, 5) is 24.9. The number of halogens is 1. The molecule has 1 aromatic rings. The average Bonchev–Trinajstić information content (AvgIpc) is 2.81. The molecule has 1 heterocycles. The van der Waals surface area contributed by atoms with E-state index in [-0.39, 0.29) is 10.8 Å². The third kappa shape index (κ3) is 2.33. The van der Waals surface area contributed by atoms with E-state index in [0.29, 0.717) is 18.5 Å². The maximum atomic E-state index is 13.1. The van der Waals surface area contributed by atoms with E-state index in [9.17, 15) is 14.0 Å². The van der Waals surface area contributed by atoms with Gasteiger partial charge in [0.25, 0.3) is 5.91 Å². The number of likely N-dealkylation sites (tertiary alicyclic amines) is 1. The lowest BCUT2D eigenvalue weighted by molar-refractivity contribution is -0.121. The van der Waals surface area contributed by atoms with Crippen LogP contribution in [0.5, 0.6) is 0 Å². The van der Waals surface area contributed by atoms with E-state index in [1.165, 1.54) is 23.1 Å². The summed E-state index contributed by atoms with van der Waals surface area (Å²) < 4.78 is 13.1. The van der Waals surface area contributed by atoms with Crippen LogP contribution in [0.1, 0.15) is 23.2 Å². The largest absolute Gasteiger partial charge is 0.368 e. The number of nitrogens with zero attached hydrogens (tertiary/aromatic N) is 1. The zero-order chi connectivity index (χ0) is 13.3. The van der Waals surface area contributed by atoms with Gasteiger partial charge in [0.2, 0.25) is 5.91 Å². The standard InChI is InChI=1S/C12H13FN2O2S/c13-8-4-3-7(6-10(8)18)12(17)15-5-1-2-9(15)11(14)16/h3-4,6,9,18H,1-2,5H2,(H2,14,16). The number of carbonyl (C=O) groups excluding carboxylic acids is 2. The Morgan fingerprint density at radius 2 is 2.17 bits per heavy atom. The minimum Gasteiger partial charge on any atom is -0.368 e. The summed E-state index contributed by atoms with van der Waals surface area (Å²) in [7, 11) is 0. The van der Waals surface area contributed by atoms with Crippen molar-refractivity contribution in [1.82, 2.24) is 4.90 Å². The molecule has 96 valence electrons. The van der Waals surface area contributed by atoms with E-state index in [0.717, 1.165) is 6.42 Å². The Kier molecular flexibility index (Phi) is 3.56. The maximum Gasteiger partial charge on any atom is 0.254 e. The summed E-state index contributed by atoms with van der Waals surface area (Å²) in [5, 5.41) is 0. The first-order valence-corrected chi connectivity index (χ1v) is 6.04. The van der Waals surface area contributed by atoms with Gasteiger partial charge in [0.1, 0.15) is 11.9 Å². The summed E-state index contributed by atoms with van der Waals surface area (Å²) >= 11 is 3.93. The molecule has 0 bridgehead atoms. The molecule has 4 nitrogen and oxygen atoms in total. The van der Waals surface area contributed by atoms with Crippen molar-refractivity contribution in [3.63, 3.8) is 0 Å². The van der Waals surface area contributed by atoms with E-state index >= 15 is 0 Å². The highest BCUT2D eigenvalue weighted by molar-refractivity contribution is 7.80. The van der Waals surface area contributed by atoms with Crippen LogP contribution in [0.4, 0.5) is 4.39 Å². The molecule has 1 saturated heterocycles. The van der Waals surface area contributed by atoms with Gasteiger partial charge in [-0.2, -0.15) is 0 Å². The molecule has 1 aromatic carbocycles. The molecule has 1 atom stereocenters. The number of amides is 2. The van der Waals surface area contributed by atoms with Crippen LogP contribution < -0.4 is 5.73 Å². The van der Waals surface area contributed by atoms with Crippen LogP contribution in [0, 0.1) is 5.82 Å². The van der Waals surface area contributed by atoms with Crippen molar-refractivity contribution in [2.45, 2.75) is 23.8 Å². The van der Waals surface area contributed by atoms with Crippen molar-refractivity contribution in [3.8, 4) is 0 Å². The predicted molar refractivity (Wildman–Crippen MR) is 66.9 cm³/mol. The topological polar surface area (TPSA) is 63.4 Å². The predicted octanol–water partition coefficient (Wildman–Crippen LogP) is 1.20. The molecule has 1 aliphatic heterocycles. The van der Waals surface area contributed by atoms with Crippen LogP contribution in [0.3, 0.4) is 0 Å². The zero-order valence-corrected chi connectivity index (χ0v) is 10.5. The molecular formula is C12H13FN2O2S. The number of nitrogens with two attached hydrogens (primary N) is 1. The van der Waals surface area contributed by atoms with Crippen molar-refractivity contribution in [2.24, 2.45) is 5.73 Å². The summed E-state index contributed by atoms with van der Waals surface area (Å²) in [6.45, 7) is 0.492. The Labute approximate surface area is 109 Å². The highest BCUT2D eigenvalue weighted by Crippen LogP contribution is 2.22. The Morgan fingerprint density at radius 3 is 2.78 bits per heavy atom. The van der Waals surface area contributed by atoms with Crippen molar-refractivity contribution in [1.29, 1.82) is 0 Å². The number of rotatable bonds is 2. The third-order valence-corrected chi connectivity index (χ3v) is 3.38. The van der Waals surface area contributed by atoms with Crippen LogP contribution >= 0.6 is 12.6 Å². The fourth-order valence-corrected chi connectivity index (χ4v) is 2.33.